The summed E-state index contributed by atoms with van der Waals surface area (Å²) >= 11 is 0. The maximum Gasteiger partial charge on any atom is 0.341 e. The maximum absolute atomic E-state index is 15.3. The Balaban J connectivity index is 0.00000304. The van der Waals surface area contributed by atoms with Crippen molar-refractivity contribution in [3.8, 4) is 0 Å². The van der Waals surface area contributed by atoms with E-state index in [2.05, 4.69) is 5.16 Å². The van der Waals surface area contributed by atoms with Crippen molar-refractivity contribution in [1.29, 1.82) is 0 Å². The minimum atomic E-state index is -1.31. The monoisotopic (exact) mass is 514 g/mol. The third kappa shape index (κ3) is 4.68. The van der Waals surface area contributed by atoms with Crippen molar-refractivity contribution in [3.63, 3.8) is 0 Å². The Morgan fingerprint density at radius 1 is 1.28 bits per heavy atom. The van der Waals surface area contributed by atoms with Crippen molar-refractivity contribution in [2.75, 3.05) is 24.5 Å². The minimum absolute atomic E-state index is 0. The van der Waals surface area contributed by atoms with Crippen molar-refractivity contribution in [3.05, 3.63) is 75.8 Å². The molecule has 0 radical (unpaired) electrons. The Hall–Kier alpha value is -3.43. The third-order valence-electron chi connectivity index (χ3n) is 6.89. The van der Waals surface area contributed by atoms with Gasteiger partial charge in [0.1, 0.15) is 18.0 Å². The summed E-state index contributed by atoms with van der Waals surface area (Å²) in [4.78, 5) is 31.8. The number of nitrogens with two attached hydrogens (primary N) is 1. The Bertz CT molecular complexity index is 1390. The standard InChI is InChI=1S/C26H27FN4O4.ClH/c1-26(14-28)15-30(12-23(26)29-35-13-16-5-3-2-4-6-16)22-10-21-18(9-20(22)27)24(32)19(25(33)34)11-31(21)17-7-8-17;/h2-6,9-11,17H,7-8,12-15,28H2,1H3,(H,33,34);1H/b29-23+;. The zero-order chi connectivity index (χ0) is 24.7. The Morgan fingerprint density at radius 2 is 2.00 bits per heavy atom. The van der Waals surface area contributed by atoms with E-state index in [1.807, 2.05) is 42.2 Å². The van der Waals surface area contributed by atoms with Crippen LogP contribution in [0.2, 0.25) is 0 Å². The van der Waals surface area contributed by atoms with Gasteiger partial charge >= 0.3 is 5.97 Å². The summed E-state index contributed by atoms with van der Waals surface area (Å²) in [6.07, 6.45) is 3.15. The van der Waals surface area contributed by atoms with Gasteiger partial charge in [0.25, 0.3) is 0 Å². The van der Waals surface area contributed by atoms with E-state index >= 15 is 4.39 Å². The van der Waals surface area contributed by atoms with Gasteiger partial charge < -0.3 is 25.1 Å². The van der Waals surface area contributed by atoms with Crippen LogP contribution in [0.1, 0.15) is 41.7 Å². The molecule has 1 aromatic heterocycles. The number of rotatable bonds is 7. The van der Waals surface area contributed by atoms with Gasteiger partial charge in [-0.15, -0.1) is 12.4 Å². The molecule has 1 atom stereocenters. The normalized spacial score (nSPS) is 20.5. The fourth-order valence-electron chi connectivity index (χ4n) is 4.60. The van der Waals surface area contributed by atoms with Crippen LogP contribution in [0.15, 0.2) is 58.6 Å². The summed E-state index contributed by atoms with van der Waals surface area (Å²) in [6.45, 7) is 3.35. The smallest absolute Gasteiger partial charge is 0.341 e. The first kappa shape index (κ1) is 25.7. The Kier molecular flexibility index (Phi) is 7.06. The highest BCUT2D eigenvalue weighted by atomic mass is 35.5. The summed E-state index contributed by atoms with van der Waals surface area (Å²) in [5.74, 6) is -1.91. The van der Waals surface area contributed by atoms with Gasteiger partial charge in [-0.25, -0.2) is 9.18 Å². The summed E-state index contributed by atoms with van der Waals surface area (Å²) < 4.78 is 17.1. The highest BCUT2D eigenvalue weighted by Gasteiger charge is 2.41. The number of aromatic carboxylic acids is 1. The molecule has 8 nitrogen and oxygen atoms in total. The van der Waals surface area contributed by atoms with Gasteiger partial charge in [0.15, 0.2) is 0 Å². The van der Waals surface area contributed by atoms with Crippen LogP contribution in [0, 0.1) is 11.2 Å². The van der Waals surface area contributed by atoms with E-state index in [4.69, 9.17) is 10.6 Å². The Morgan fingerprint density at radius 3 is 2.64 bits per heavy atom. The average Bonchev–Trinajstić information content (AvgIpc) is 3.63. The van der Waals surface area contributed by atoms with E-state index in [0.717, 1.165) is 30.2 Å². The van der Waals surface area contributed by atoms with Crippen LogP contribution in [0.4, 0.5) is 10.1 Å². The number of halogens is 2. The van der Waals surface area contributed by atoms with Crippen LogP contribution in [-0.2, 0) is 11.4 Å². The van der Waals surface area contributed by atoms with E-state index in [0.29, 0.717) is 37.4 Å². The van der Waals surface area contributed by atoms with Crippen LogP contribution in [0.25, 0.3) is 10.9 Å². The molecular formula is C26H28ClFN4O4. The molecular weight excluding hydrogens is 487 g/mol. The molecule has 5 rings (SSSR count). The van der Waals surface area contributed by atoms with E-state index in [1.165, 1.54) is 6.20 Å². The second-order valence-electron chi connectivity index (χ2n) is 9.55. The van der Waals surface area contributed by atoms with Crippen LogP contribution in [-0.4, -0.2) is 41.0 Å². The summed E-state index contributed by atoms with van der Waals surface area (Å²) in [7, 11) is 0. The number of fused-ring (bicyclic) bond motifs is 1. The number of oxime groups is 1. The van der Waals surface area contributed by atoms with E-state index < -0.39 is 22.6 Å². The maximum atomic E-state index is 15.3. The molecule has 1 aliphatic carbocycles. The zero-order valence-corrected chi connectivity index (χ0v) is 20.6. The van der Waals surface area contributed by atoms with Crippen LogP contribution in [0.3, 0.4) is 0 Å². The lowest BCUT2D eigenvalue weighted by molar-refractivity contribution is 0.0695. The van der Waals surface area contributed by atoms with Gasteiger partial charge in [-0.1, -0.05) is 42.4 Å². The number of carboxylic acid groups (broad SMARTS) is 1. The molecule has 2 fully saturated rings. The van der Waals surface area contributed by atoms with Gasteiger partial charge in [0.2, 0.25) is 5.43 Å². The molecule has 10 heteroatoms. The lowest BCUT2D eigenvalue weighted by atomic mass is 9.88. The fraction of sp³-hybridized carbons (Fsp3) is 0.346. The fourth-order valence-corrected chi connectivity index (χ4v) is 4.60. The summed E-state index contributed by atoms with van der Waals surface area (Å²) in [6, 6.07) is 12.6. The second-order valence-corrected chi connectivity index (χ2v) is 9.55. The first-order chi connectivity index (χ1) is 16.8. The number of pyridine rings is 1. The SMILES string of the molecule is CC1(CN)CN(c2cc3c(cc2F)c(=O)c(C(=O)O)cn3C2CC2)C/C1=N\OCc1ccccc1.Cl. The first-order valence-electron chi connectivity index (χ1n) is 11.6. The van der Waals surface area contributed by atoms with Crippen molar-refractivity contribution in [2.24, 2.45) is 16.3 Å². The van der Waals surface area contributed by atoms with Gasteiger partial charge in [-0.05, 0) is 30.5 Å². The molecule has 0 bridgehead atoms. The number of carbonyl (C=O) groups is 1. The largest absolute Gasteiger partial charge is 0.477 e. The number of hydrogen-bond acceptors (Lipinski definition) is 6. The number of carboxylic acids is 1. The molecule has 3 aromatic rings. The highest BCUT2D eigenvalue weighted by molar-refractivity contribution is 5.98. The highest BCUT2D eigenvalue weighted by Crippen LogP contribution is 2.39. The average molecular weight is 515 g/mol. The van der Waals surface area contributed by atoms with Gasteiger partial charge in [0.05, 0.1) is 23.5 Å². The minimum Gasteiger partial charge on any atom is -0.477 e. The van der Waals surface area contributed by atoms with E-state index in [1.54, 1.807) is 10.6 Å². The van der Waals surface area contributed by atoms with E-state index in [-0.39, 0.29) is 29.4 Å². The van der Waals surface area contributed by atoms with Crippen LogP contribution in [0.5, 0.6) is 0 Å². The van der Waals surface area contributed by atoms with Crippen LogP contribution >= 0.6 is 12.4 Å². The Labute approximate surface area is 213 Å². The topological polar surface area (TPSA) is 110 Å². The predicted molar refractivity (Wildman–Crippen MR) is 139 cm³/mol. The molecule has 3 N–H and O–H groups in total. The summed E-state index contributed by atoms with van der Waals surface area (Å²) in [5, 5.41) is 13.9. The molecule has 36 heavy (non-hydrogen) atoms. The molecule has 2 aromatic carbocycles. The van der Waals surface area contributed by atoms with Crippen molar-refractivity contribution < 1.29 is 19.1 Å². The van der Waals surface area contributed by atoms with E-state index in [9.17, 15) is 14.7 Å². The van der Waals surface area contributed by atoms with Gasteiger partial charge in [0, 0.05) is 36.1 Å². The number of anilines is 1. The van der Waals surface area contributed by atoms with Crippen molar-refractivity contribution in [1.82, 2.24) is 4.57 Å². The quantitative estimate of drug-likeness (QED) is 0.462. The number of hydrogen-bond donors (Lipinski definition) is 2. The predicted octanol–water partition coefficient (Wildman–Crippen LogP) is 3.95. The molecule has 1 saturated heterocycles. The van der Waals surface area contributed by atoms with Crippen molar-refractivity contribution >= 4 is 40.7 Å². The molecule has 190 valence electrons. The molecule has 2 aliphatic rings. The van der Waals surface area contributed by atoms with Gasteiger partial charge in [-0.2, -0.15) is 0 Å². The number of benzene rings is 2. The first-order valence-corrected chi connectivity index (χ1v) is 11.6. The van der Waals surface area contributed by atoms with Crippen molar-refractivity contribution in [2.45, 2.75) is 32.4 Å². The molecule has 1 aliphatic heterocycles. The summed E-state index contributed by atoms with van der Waals surface area (Å²) in [5.41, 5.74) is 7.10. The third-order valence-corrected chi connectivity index (χ3v) is 6.89. The number of nitrogens with zero attached hydrogens (tertiary/aromatic N) is 3. The second kappa shape index (κ2) is 9.91. The van der Waals surface area contributed by atoms with Gasteiger partial charge in [-0.3, -0.25) is 4.79 Å². The molecule has 2 heterocycles. The molecule has 0 amide bonds. The zero-order valence-electron chi connectivity index (χ0n) is 19.8. The lowest BCUT2D eigenvalue weighted by Crippen LogP contribution is -2.36. The number of aromatic nitrogens is 1. The molecule has 0 spiro atoms. The molecule has 1 saturated carbocycles. The molecule has 1 unspecified atom stereocenters. The van der Waals surface area contributed by atoms with Crippen LogP contribution < -0.4 is 16.1 Å². The lowest BCUT2D eigenvalue weighted by Gasteiger charge is -2.24.